The van der Waals surface area contributed by atoms with Crippen molar-refractivity contribution < 1.29 is 26.4 Å². The van der Waals surface area contributed by atoms with Gasteiger partial charge in [0.2, 0.25) is 15.9 Å². The number of nitrogens with zero attached hydrogens (tertiary/aromatic N) is 3. The molecule has 3 rings (SSSR count). The first-order valence-electron chi connectivity index (χ1n) is 10.0. The molecule has 1 spiro atoms. The number of alkyl halides is 3. The molecule has 1 N–H and O–H groups in total. The number of benzene rings is 1. The van der Waals surface area contributed by atoms with Crippen molar-refractivity contribution >= 4 is 21.6 Å². The van der Waals surface area contributed by atoms with Gasteiger partial charge in [0.05, 0.1) is 22.9 Å². The Morgan fingerprint density at radius 3 is 2.48 bits per heavy atom. The maximum Gasteiger partial charge on any atom is 0.417 e. The SMILES string of the molecule is CCS(=O)(=O)N1CC2(CCN(c3ccc(C#N)c(C(F)(F)F)c3)CC2)CC1C(=O)NC. The van der Waals surface area contributed by atoms with E-state index in [1.165, 1.54) is 30.4 Å². The molecular weight excluding hydrogens is 433 g/mol. The fourth-order valence-electron chi connectivity index (χ4n) is 4.53. The normalized spacial score (nSPS) is 21.8. The molecule has 31 heavy (non-hydrogen) atoms. The molecule has 0 aliphatic carbocycles. The van der Waals surface area contributed by atoms with Gasteiger partial charge >= 0.3 is 6.18 Å². The molecule has 2 saturated heterocycles. The van der Waals surface area contributed by atoms with Gasteiger partial charge < -0.3 is 10.2 Å². The molecule has 0 saturated carbocycles. The van der Waals surface area contributed by atoms with Crippen LogP contribution in [0.4, 0.5) is 18.9 Å². The van der Waals surface area contributed by atoms with Gasteiger partial charge in [0.15, 0.2) is 0 Å². The zero-order chi connectivity index (χ0) is 23.0. The van der Waals surface area contributed by atoms with Gasteiger partial charge in [-0.2, -0.15) is 22.7 Å². The summed E-state index contributed by atoms with van der Waals surface area (Å²) in [5.74, 6) is -0.452. The molecular formula is C20H25F3N4O3S. The van der Waals surface area contributed by atoms with Gasteiger partial charge in [-0.3, -0.25) is 4.79 Å². The van der Waals surface area contributed by atoms with E-state index in [0.717, 1.165) is 6.07 Å². The Morgan fingerprint density at radius 1 is 1.32 bits per heavy atom. The number of nitrogens with one attached hydrogen (secondary N) is 1. The fourth-order valence-corrected chi connectivity index (χ4v) is 5.89. The molecule has 11 heteroatoms. The Balaban J connectivity index is 1.80. The van der Waals surface area contributed by atoms with Crippen LogP contribution < -0.4 is 10.2 Å². The largest absolute Gasteiger partial charge is 0.417 e. The zero-order valence-corrected chi connectivity index (χ0v) is 18.2. The molecule has 0 radical (unpaired) electrons. The zero-order valence-electron chi connectivity index (χ0n) is 17.4. The average molecular weight is 459 g/mol. The van der Waals surface area contributed by atoms with Crippen molar-refractivity contribution in [3.05, 3.63) is 29.3 Å². The minimum Gasteiger partial charge on any atom is -0.371 e. The van der Waals surface area contributed by atoms with Crippen LogP contribution in [-0.4, -0.2) is 57.1 Å². The van der Waals surface area contributed by atoms with Gasteiger partial charge in [0, 0.05) is 32.4 Å². The maximum absolute atomic E-state index is 13.3. The third-order valence-corrected chi connectivity index (χ3v) is 8.18. The number of hydrogen-bond donors (Lipinski definition) is 1. The molecule has 2 aliphatic heterocycles. The smallest absolute Gasteiger partial charge is 0.371 e. The van der Waals surface area contributed by atoms with Gasteiger partial charge in [0.1, 0.15) is 6.04 Å². The number of likely N-dealkylation sites (N-methyl/N-ethyl adjacent to an activating group) is 1. The van der Waals surface area contributed by atoms with E-state index in [-0.39, 0.29) is 18.2 Å². The summed E-state index contributed by atoms with van der Waals surface area (Å²) in [7, 11) is -2.10. The summed E-state index contributed by atoms with van der Waals surface area (Å²) in [4.78, 5) is 14.1. The minimum atomic E-state index is -4.63. The fraction of sp³-hybridized carbons (Fsp3) is 0.600. The number of rotatable bonds is 4. The third-order valence-electron chi connectivity index (χ3n) is 6.35. The number of carbonyl (C=O) groups excluding carboxylic acids is 1. The molecule has 0 aromatic heterocycles. The Bertz CT molecular complexity index is 996. The molecule has 1 unspecified atom stereocenters. The average Bonchev–Trinajstić information content (AvgIpc) is 3.12. The molecule has 1 aromatic rings. The Morgan fingerprint density at radius 2 is 1.97 bits per heavy atom. The molecule has 1 aromatic carbocycles. The quantitative estimate of drug-likeness (QED) is 0.748. The van der Waals surface area contributed by atoms with Crippen molar-refractivity contribution in [2.24, 2.45) is 5.41 Å². The van der Waals surface area contributed by atoms with Crippen molar-refractivity contribution in [1.29, 1.82) is 5.26 Å². The first kappa shape index (κ1) is 23.3. The van der Waals surface area contributed by atoms with E-state index in [1.807, 2.05) is 4.90 Å². The Labute approximate surface area is 179 Å². The number of sulfonamides is 1. The number of nitriles is 1. The van der Waals surface area contributed by atoms with Gasteiger partial charge in [0.25, 0.3) is 0 Å². The Hall–Kier alpha value is -2.32. The number of halogens is 3. The summed E-state index contributed by atoms with van der Waals surface area (Å²) in [6.45, 7) is 2.64. The van der Waals surface area contributed by atoms with Crippen LogP contribution in [0.15, 0.2) is 18.2 Å². The van der Waals surface area contributed by atoms with Crippen LogP contribution in [0.5, 0.6) is 0 Å². The van der Waals surface area contributed by atoms with Crippen molar-refractivity contribution in [1.82, 2.24) is 9.62 Å². The van der Waals surface area contributed by atoms with E-state index < -0.39 is 38.8 Å². The standard InChI is InChI=1S/C20H25F3N4O3S/c1-3-31(29,30)27-13-19(11-17(27)18(28)25-2)6-8-26(9-7-19)15-5-4-14(12-24)16(10-15)20(21,22)23/h4-5,10,17H,3,6-9,11,13H2,1-2H3,(H,25,28). The van der Waals surface area contributed by atoms with Gasteiger partial charge in [-0.05, 0) is 49.8 Å². The predicted octanol–water partition coefficient (Wildman–Crippen LogP) is 2.33. The van der Waals surface area contributed by atoms with Gasteiger partial charge in [-0.15, -0.1) is 0 Å². The lowest BCUT2D eigenvalue weighted by Gasteiger charge is -2.40. The van der Waals surface area contributed by atoms with Crippen LogP contribution in [0, 0.1) is 16.7 Å². The van der Waals surface area contributed by atoms with Crippen LogP contribution in [0.3, 0.4) is 0 Å². The maximum atomic E-state index is 13.3. The molecule has 2 fully saturated rings. The highest BCUT2D eigenvalue weighted by atomic mass is 32.2. The second kappa shape index (κ2) is 8.31. The lowest BCUT2D eigenvalue weighted by molar-refractivity contribution is -0.137. The highest BCUT2D eigenvalue weighted by molar-refractivity contribution is 7.89. The second-order valence-electron chi connectivity index (χ2n) is 8.11. The molecule has 1 atom stereocenters. The number of anilines is 1. The van der Waals surface area contributed by atoms with Crippen molar-refractivity contribution in [3.63, 3.8) is 0 Å². The highest BCUT2D eigenvalue weighted by Crippen LogP contribution is 2.45. The molecule has 2 aliphatic rings. The van der Waals surface area contributed by atoms with Crippen molar-refractivity contribution in [3.8, 4) is 6.07 Å². The predicted molar refractivity (Wildman–Crippen MR) is 109 cm³/mol. The van der Waals surface area contributed by atoms with E-state index in [1.54, 1.807) is 6.07 Å². The number of piperidine rings is 1. The van der Waals surface area contributed by atoms with E-state index in [4.69, 9.17) is 5.26 Å². The van der Waals surface area contributed by atoms with Crippen LogP contribution in [0.25, 0.3) is 0 Å². The monoisotopic (exact) mass is 458 g/mol. The minimum absolute atomic E-state index is 0.103. The number of amides is 1. The van der Waals surface area contributed by atoms with E-state index in [0.29, 0.717) is 38.0 Å². The van der Waals surface area contributed by atoms with E-state index >= 15 is 0 Å². The third kappa shape index (κ3) is 4.50. The Kier molecular flexibility index (Phi) is 6.26. The lowest BCUT2D eigenvalue weighted by Crippen LogP contribution is -2.45. The summed E-state index contributed by atoms with van der Waals surface area (Å²) >= 11 is 0. The summed E-state index contributed by atoms with van der Waals surface area (Å²) in [6, 6.07) is 4.48. The van der Waals surface area contributed by atoms with Gasteiger partial charge in [-0.1, -0.05) is 0 Å². The van der Waals surface area contributed by atoms with Gasteiger partial charge in [-0.25, -0.2) is 8.42 Å². The van der Waals surface area contributed by atoms with E-state index in [9.17, 15) is 26.4 Å². The first-order valence-corrected chi connectivity index (χ1v) is 11.6. The van der Waals surface area contributed by atoms with Crippen LogP contribution in [-0.2, 0) is 21.0 Å². The molecule has 1 amide bonds. The van der Waals surface area contributed by atoms with Crippen molar-refractivity contribution in [2.45, 2.75) is 38.4 Å². The lowest BCUT2D eigenvalue weighted by atomic mass is 9.76. The number of hydrogen-bond acceptors (Lipinski definition) is 5. The molecule has 2 heterocycles. The first-order chi connectivity index (χ1) is 14.5. The van der Waals surface area contributed by atoms with Crippen LogP contribution in [0.1, 0.15) is 37.3 Å². The van der Waals surface area contributed by atoms with Crippen LogP contribution in [0.2, 0.25) is 0 Å². The molecule has 170 valence electrons. The van der Waals surface area contributed by atoms with E-state index in [2.05, 4.69) is 5.32 Å². The summed E-state index contributed by atoms with van der Waals surface area (Å²) in [5, 5.41) is 11.5. The van der Waals surface area contributed by atoms with Crippen molar-refractivity contribution in [2.75, 3.05) is 37.3 Å². The topological polar surface area (TPSA) is 93.5 Å². The second-order valence-corrected chi connectivity index (χ2v) is 10.3. The van der Waals surface area contributed by atoms with Crippen LogP contribution >= 0.6 is 0 Å². The molecule has 0 bridgehead atoms. The summed E-state index contributed by atoms with van der Waals surface area (Å²) < 4.78 is 66.2. The number of carbonyl (C=O) groups is 1. The molecule has 7 nitrogen and oxygen atoms in total. The summed E-state index contributed by atoms with van der Waals surface area (Å²) in [5.41, 5.74) is -1.40. The summed E-state index contributed by atoms with van der Waals surface area (Å²) in [6.07, 6.45) is -3.13. The highest BCUT2D eigenvalue weighted by Gasteiger charge is 2.51.